The van der Waals surface area contributed by atoms with E-state index in [2.05, 4.69) is 48.3 Å². The third kappa shape index (κ3) is 2.93. The molecule has 0 aliphatic heterocycles. The van der Waals surface area contributed by atoms with Crippen molar-refractivity contribution < 1.29 is 0 Å². The summed E-state index contributed by atoms with van der Waals surface area (Å²) in [6, 6.07) is 9.79. The van der Waals surface area contributed by atoms with Gasteiger partial charge in [-0.05, 0) is 45.6 Å². The molecule has 0 saturated heterocycles. The van der Waals surface area contributed by atoms with Crippen LogP contribution in [0.15, 0.2) is 64.5 Å². The van der Waals surface area contributed by atoms with Crippen LogP contribution in [0.2, 0.25) is 0 Å². The van der Waals surface area contributed by atoms with Gasteiger partial charge >= 0.3 is 0 Å². The zero-order valence-corrected chi connectivity index (χ0v) is 11.2. The fourth-order valence-electron chi connectivity index (χ4n) is 1.73. The molecule has 1 aliphatic carbocycles. The van der Waals surface area contributed by atoms with Crippen molar-refractivity contribution in [3.63, 3.8) is 0 Å². The quantitative estimate of drug-likeness (QED) is 0.737. The summed E-state index contributed by atoms with van der Waals surface area (Å²) in [6.45, 7) is 2.21. The van der Waals surface area contributed by atoms with E-state index in [0.29, 0.717) is 0 Å². The maximum absolute atomic E-state index is 4.26. The van der Waals surface area contributed by atoms with Gasteiger partial charge in [-0.25, -0.2) is 0 Å². The second-order valence-corrected chi connectivity index (χ2v) is 4.95. The van der Waals surface area contributed by atoms with Gasteiger partial charge in [-0.3, -0.25) is 0 Å². The number of rotatable bonds is 3. The molecular weight excluding hydrogens is 222 g/mol. The third-order valence-electron chi connectivity index (χ3n) is 3.40. The third-order valence-corrected chi connectivity index (χ3v) is 3.40. The van der Waals surface area contributed by atoms with Gasteiger partial charge in [-0.1, -0.05) is 30.4 Å². The van der Waals surface area contributed by atoms with E-state index in [9.17, 15) is 0 Å². The standard InChI is InChI=1S/C15H19N3/c1-15(18(2)3)11-9-14(10-12-15)17-16-13-7-5-4-6-8-13/h4-11H,12H2,1-3H3/t15-/m1/s1. The van der Waals surface area contributed by atoms with Crippen molar-refractivity contribution in [3.8, 4) is 0 Å². The number of benzene rings is 1. The van der Waals surface area contributed by atoms with Crippen molar-refractivity contribution >= 4 is 5.69 Å². The van der Waals surface area contributed by atoms with E-state index < -0.39 is 0 Å². The van der Waals surface area contributed by atoms with Crippen LogP contribution < -0.4 is 0 Å². The molecule has 0 fully saturated rings. The zero-order valence-electron chi connectivity index (χ0n) is 11.2. The minimum Gasteiger partial charge on any atom is -0.300 e. The predicted octanol–water partition coefficient (Wildman–Crippen LogP) is 3.93. The summed E-state index contributed by atoms with van der Waals surface area (Å²) in [5, 5.41) is 8.47. The number of hydrogen-bond acceptors (Lipinski definition) is 3. The van der Waals surface area contributed by atoms with E-state index in [0.717, 1.165) is 17.8 Å². The smallest absolute Gasteiger partial charge is 0.0857 e. The lowest BCUT2D eigenvalue weighted by atomic mass is 9.91. The van der Waals surface area contributed by atoms with Crippen molar-refractivity contribution in [2.24, 2.45) is 10.2 Å². The fourth-order valence-corrected chi connectivity index (χ4v) is 1.73. The van der Waals surface area contributed by atoms with E-state index in [4.69, 9.17) is 0 Å². The Morgan fingerprint density at radius 1 is 1.11 bits per heavy atom. The molecule has 1 aromatic carbocycles. The van der Waals surface area contributed by atoms with Crippen LogP contribution in [0.4, 0.5) is 5.69 Å². The summed E-state index contributed by atoms with van der Waals surface area (Å²) in [5.74, 6) is 0. The molecule has 0 spiro atoms. The van der Waals surface area contributed by atoms with Crippen LogP contribution in [-0.4, -0.2) is 24.5 Å². The second-order valence-electron chi connectivity index (χ2n) is 4.95. The van der Waals surface area contributed by atoms with Crippen molar-refractivity contribution in [3.05, 3.63) is 54.3 Å². The molecule has 0 N–H and O–H groups in total. The lowest BCUT2D eigenvalue weighted by molar-refractivity contribution is 0.230. The Hall–Kier alpha value is -1.74. The minimum atomic E-state index is 0.0891. The van der Waals surface area contributed by atoms with Crippen molar-refractivity contribution in [1.29, 1.82) is 0 Å². The summed E-state index contributed by atoms with van der Waals surface area (Å²) in [6.07, 6.45) is 7.31. The van der Waals surface area contributed by atoms with Crippen LogP contribution in [0, 0.1) is 0 Å². The van der Waals surface area contributed by atoms with Crippen LogP contribution in [0.5, 0.6) is 0 Å². The Balaban J connectivity index is 2.04. The minimum absolute atomic E-state index is 0.0891. The molecule has 3 nitrogen and oxygen atoms in total. The van der Waals surface area contributed by atoms with Gasteiger partial charge in [0.1, 0.15) is 0 Å². The molecule has 1 atom stereocenters. The molecule has 0 bridgehead atoms. The Morgan fingerprint density at radius 2 is 1.83 bits per heavy atom. The van der Waals surface area contributed by atoms with Crippen LogP contribution in [0.25, 0.3) is 0 Å². The highest BCUT2D eigenvalue weighted by atomic mass is 15.1. The summed E-state index contributed by atoms with van der Waals surface area (Å²) >= 11 is 0. The fraction of sp³-hybridized carbons (Fsp3) is 0.333. The van der Waals surface area contributed by atoms with Crippen molar-refractivity contribution in [2.75, 3.05) is 14.1 Å². The van der Waals surface area contributed by atoms with Crippen LogP contribution in [-0.2, 0) is 0 Å². The lowest BCUT2D eigenvalue weighted by Crippen LogP contribution is -2.39. The molecule has 18 heavy (non-hydrogen) atoms. The van der Waals surface area contributed by atoms with E-state index in [1.54, 1.807) is 0 Å². The topological polar surface area (TPSA) is 28.0 Å². The van der Waals surface area contributed by atoms with Gasteiger partial charge < -0.3 is 4.90 Å². The average molecular weight is 241 g/mol. The van der Waals surface area contributed by atoms with Gasteiger partial charge in [-0.15, -0.1) is 0 Å². The van der Waals surface area contributed by atoms with Gasteiger partial charge in [0.05, 0.1) is 11.4 Å². The van der Waals surface area contributed by atoms with E-state index in [-0.39, 0.29) is 5.54 Å². The van der Waals surface area contributed by atoms with Gasteiger partial charge in [0.25, 0.3) is 0 Å². The monoisotopic (exact) mass is 241 g/mol. The highest BCUT2D eigenvalue weighted by molar-refractivity contribution is 5.36. The first-order chi connectivity index (χ1) is 8.60. The molecule has 0 aromatic heterocycles. The Morgan fingerprint density at radius 3 is 2.39 bits per heavy atom. The number of likely N-dealkylation sites (N-methyl/N-ethyl adjacent to an activating group) is 1. The molecule has 1 aliphatic rings. The van der Waals surface area contributed by atoms with Crippen molar-refractivity contribution in [2.45, 2.75) is 18.9 Å². The number of nitrogens with zero attached hydrogens (tertiary/aromatic N) is 3. The summed E-state index contributed by atoms with van der Waals surface area (Å²) in [5.41, 5.74) is 1.90. The molecule has 0 saturated carbocycles. The lowest BCUT2D eigenvalue weighted by Gasteiger charge is -2.34. The Bertz CT molecular complexity index is 486. The maximum Gasteiger partial charge on any atom is 0.0857 e. The molecule has 0 heterocycles. The summed E-state index contributed by atoms with van der Waals surface area (Å²) in [4.78, 5) is 2.21. The van der Waals surface area contributed by atoms with Gasteiger partial charge in [0, 0.05) is 5.54 Å². The number of azo groups is 1. The highest BCUT2D eigenvalue weighted by Crippen LogP contribution is 2.26. The normalized spacial score (nSPS) is 23.7. The molecule has 94 valence electrons. The first-order valence-electron chi connectivity index (χ1n) is 6.14. The first-order valence-corrected chi connectivity index (χ1v) is 6.14. The van der Waals surface area contributed by atoms with Gasteiger partial charge in [0.2, 0.25) is 0 Å². The first kappa shape index (κ1) is 12.7. The average Bonchev–Trinajstić information content (AvgIpc) is 2.39. The number of allylic oxidation sites excluding steroid dienone is 1. The van der Waals surface area contributed by atoms with E-state index in [1.807, 2.05) is 36.4 Å². The van der Waals surface area contributed by atoms with Gasteiger partial charge in [0.15, 0.2) is 0 Å². The van der Waals surface area contributed by atoms with Crippen LogP contribution >= 0.6 is 0 Å². The molecule has 0 amide bonds. The molecule has 0 unspecified atom stereocenters. The Kier molecular flexibility index (Phi) is 3.72. The maximum atomic E-state index is 4.26. The molecule has 2 rings (SSSR count). The molecule has 1 aromatic rings. The zero-order chi connectivity index (χ0) is 13.0. The molecule has 3 heteroatoms. The van der Waals surface area contributed by atoms with E-state index >= 15 is 0 Å². The van der Waals surface area contributed by atoms with E-state index in [1.165, 1.54) is 0 Å². The summed E-state index contributed by atoms with van der Waals surface area (Å²) < 4.78 is 0. The summed E-state index contributed by atoms with van der Waals surface area (Å²) in [7, 11) is 4.18. The van der Waals surface area contributed by atoms with Crippen molar-refractivity contribution in [1.82, 2.24) is 4.90 Å². The Labute approximate surface area is 109 Å². The predicted molar refractivity (Wildman–Crippen MR) is 74.9 cm³/mol. The van der Waals surface area contributed by atoms with Gasteiger partial charge in [-0.2, -0.15) is 10.2 Å². The SMILES string of the molecule is CN(C)[C@]1(C)C=CC(N=Nc2ccccc2)=CC1. The second kappa shape index (κ2) is 5.27. The molecular formula is C15H19N3. The van der Waals surface area contributed by atoms with Crippen LogP contribution in [0.1, 0.15) is 13.3 Å². The molecule has 0 radical (unpaired) electrons. The highest BCUT2D eigenvalue weighted by Gasteiger charge is 2.24. The number of hydrogen-bond donors (Lipinski definition) is 0. The van der Waals surface area contributed by atoms with Crippen LogP contribution in [0.3, 0.4) is 0 Å². The largest absolute Gasteiger partial charge is 0.300 e.